The van der Waals surface area contributed by atoms with E-state index in [4.69, 9.17) is 11.0 Å². The SMILES string of the molecule is Cc1cc(C#N)ccc1S(=O)(=O)NCC(F)(F)CN.Cl. The minimum absolute atomic E-state index is 0. The largest absolute Gasteiger partial charge is 0.325 e. The first-order valence-electron chi connectivity index (χ1n) is 5.30. The second kappa shape index (κ2) is 6.95. The molecule has 0 radical (unpaired) electrons. The molecule has 1 rings (SSSR count). The zero-order valence-corrected chi connectivity index (χ0v) is 12.2. The van der Waals surface area contributed by atoms with Gasteiger partial charge < -0.3 is 5.73 Å². The number of nitrogens with one attached hydrogen (secondary N) is 1. The summed E-state index contributed by atoms with van der Waals surface area (Å²) >= 11 is 0. The second-order valence-corrected chi connectivity index (χ2v) is 5.71. The maximum Gasteiger partial charge on any atom is 0.273 e. The third kappa shape index (κ3) is 4.68. The number of sulfonamides is 1. The van der Waals surface area contributed by atoms with E-state index in [1.807, 2.05) is 6.07 Å². The number of alkyl halides is 2. The molecule has 0 saturated heterocycles. The molecule has 0 fully saturated rings. The number of halogens is 3. The van der Waals surface area contributed by atoms with E-state index in [0.29, 0.717) is 11.1 Å². The first-order chi connectivity index (χ1) is 8.72. The lowest BCUT2D eigenvalue weighted by Gasteiger charge is -2.15. The van der Waals surface area contributed by atoms with E-state index in [1.165, 1.54) is 25.1 Å². The molecule has 3 N–H and O–H groups in total. The molecular formula is C11H14ClF2N3O2S. The molecule has 0 aliphatic rings. The van der Waals surface area contributed by atoms with Crippen molar-refractivity contribution in [2.45, 2.75) is 17.7 Å². The fraction of sp³-hybridized carbons (Fsp3) is 0.364. The molecule has 0 amide bonds. The van der Waals surface area contributed by atoms with Gasteiger partial charge in [-0.3, -0.25) is 0 Å². The van der Waals surface area contributed by atoms with E-state index in [2.05, 4.69) is 0 Å². The summed E-state index contributed by atoms with van der Waals surface area (Å²) in [6.45, 7) is -0.524. The highest BCUT2D eigenvalue weighted by molar-refractivity contribution is 7.89. The van der Waals surface area contributed by atoms with E-state index < -0.39 is 29.0 Å². The highest BCUT2D eigenvalue weighted by atomic mass is 35.5. The van der Waals surface area contributed by atoms with Gasteiger partial charge in [-0.25, -0.2) is 21.9 Å². The van der Waals surface area contributed by atoms with Gasteiger partial charge >= 0.3 is 0 Å². The van der Waals surface area contributed by atoms with Gasteiger partial charge in [-0.05, 0) is 30.7 Å². The van der Waals surface area contributed by atoms with Gasteiger partial charge in [0.25, 0.3) is 5.92 Å². The number of nitrogens with zero attached hydrogens (tertiary/aromatic N) is 1. The Labute approximate surface area is 122 Å². The van der Waals surface area contributed by atoms with Crippen molar-refractivity contribution >= 4 is 22.4 Å². The Kier molecular flexibility index (Phi) is 6.50. The first kappa shape index (κ1) is 18.7. The van der Waals surface area contributed by atoms with Gasteiger partial charge in [-0.2, -0.15) is 5.26 Å². The highest BCUT2D eigenvalue weighted by Gasteiger charge is 2.29. The number of rotatable bonds is 5. The molecule has 0 spiro atoms. The smallest absolute Gasteiger partial charge is 0.273 e. The zero-order valence-electron chi connectivity index (χ0n) is 10.6. The lowest BCUT2D eigenvalue weighted by atomic mass is 10.2. The van der Waals surface area contributed by atoms with Gasteiger partial charge in [0.1, 0.15) is 0 Å². The fourth-order valence-electron chi connectivity index (χ4n) is 1.37. The summed E-state index contributed by atoms with van der Waals surface area (Å²) in [5, 5.41) is 8.67. The van der Waals surface area contributed by atoms with Crippen LogP contribution in [0.5, 0.6) is 0 Å². The number of aryl methyl sites for hydroxylation is 1. The average molecular weight is 326 g/mol. The Morgan fingerprint density at radius 3 is 2.50 bits per heavy atom. The summed E-state index contributed by atoms with van der Waals surface area (Å²) in [5.41, 5.74) is 5.42. The fourth-order valence-corrected chi connectivity index (χ4v) is 2.66. The molecule has 0 aliphatic heterocycles. The predicted octanol–water partition coefficient (Wildman–Crippen LogP) is 1.16. The topological polar surface area (TPSA) is 96.0 Å². The molecule has 0 aromatic heterocycles. The molecule has 112 valence electrons. The summed E-state index contributed by atoms with van der Waals surface area (Å²) in [6, 6.07) is 5.74. The monoisotopic (exact) mass is 325 g/mol. The van der Waals surface area contributed by atoms with Gasteiger partial charge in [-0.15, -0.1) is 12.4 Å². The highest BCUT2D eigenvalue weighted by Crippen LogP contribution is 2.17. The number of nitriles is 1. The Balaban J connectivity index is 0.00000361. The third-order valence-electron chi connectivity index (χ3n) is 2.41. The van der Waals surface area contributed by atoms with Crippen LogP contribution in [0.3, 0.4) is 0 Å². The van der Waals surface area contributed by atoms with Crippen LogP contribution in [0.1, 0.15) is 11.1 Å². The van der Waals surface area contributed by atoms with Gasteiger partial charge in [0, 0.05) is 0 Å². The van der Waals surface area contributed by atoms with Crippen LogP contribution >= 0.6 is 12.4 Å². The van der Waals surface area contributed by atoms with Crippen molar-refractivity contribution in [2.24, 2.45) is 5.73 Å². The zero-order chi connectivity index (χ0) is 14.7. The molecule has 1 aromatic carbocycles. The van der Waals surface area contributed by atoms with Crippen molar-refractivity contribution < 1.29 is 17.2 Å². The van der Waals surface area contributed by atoms with Crippen LogP contribution < -0.4 is 10.5 Å². The van der Waals surface area contributed by atoms with Crippen LogP contribution in [0, 0.1) is 18.3 Å². The summed E-state index contributed by atoms with van der Waals surface area (Å²) in [5.74, 6) is -3.30. The van der Waals surface area contributed by atoms with Crippen molar-refractivity contribution in [1.82, 2.24) is 4.72 Å². The lowest BCUT2D eigenvalue weighted by Crippen LogP contribution is -2.41. The Hall–Kier alpha value is -1.27. The van der Waals surface area contributed by atoms with E-state index >= 15 is 0 Å². The van der Waals surface area contributed by atoms with Crippen LogP contribution in [0.4, 0.5) is 8.78 Å². The van der Waals surface area contributed by atoms with E-state index in [1.54, 1.807) is 4.72 Å². The van der Waals surface area contributed by atoms with E-state index in [0.717, 1.165) is 0 Å². The molecule has 0 heterocycles. The molecule has 9 heteroatoms. The Bertz CT molecular complexity index is 615. The molecule has 0 unspecified atom stereocenters. The maximum atomic E-state index is 12.9. The van der Waals surface area contributed by atoms with Gasteiger partial charge in [0.15, 0.2) is 0 Å². The number of hydrogen-bond acceptors (Lipinski definition) is 4. The number of hydrogen-bond donors (Lipinski definition) is 2. The molecule has 5 nitrogen and oxygen atoms in total. The number of benzene rings is 1. The predicted molar refractivity (Wildman–Crippen MR) is 72.3 cm³/mol. The average Bonchev–Trinajstić information content (AvgIpc) is 2.36. The third-order valence-corrected chi connectivity index (χ3v) is 3.97. The van der Waals surface area contributed by atoms with Gasteiger partial charge in [-0.1, -0.05) is 0 Å². The molecular weight excluding hydrogens is 312 g/mol. The van der Waals surface area contributed by atoms with Crippen molar-refractivity contribution in [2.75, 3.05) is 13.1 Å². The summed E-state index contributed by atoms with van der Waals surface area (Å²) < 4.78 is 51.3. The van der Waals surface area contributed by atoms with Crippen LogP contribution in [-0.4, -0.2) is 27.4 Å². The van der Waals surface area contributed by atoms with E-state index in [9.17, 15) is 17.2 Å². The normalized spacial score (nSPS) is 11.6. The molecule has 0 atom stereocenters. The van der Waals surface area contributed by atoms with Crippen LogP contribution in [0.15, 0.2) is 23.1 Å². The van der Waals surface area contributed by atoms with Gasteiger partial charge in [0.2, 0.25) is 10.0 Å². The quantitative estimate of drug-likeness (QED) is 0.849. The molecule has 20 heavy (non-hydrogen) atoms. The van der Waals surface area contributed by atoms with Crippen LogP contribution in [0.25, 0.3) is 0 Å². The Morgan fingerprint density at radius 2 is 2.05 bits per heavy atom. The minimum atomic E-state index is -4.05. The standard InChI is InChI=1S/C11H13F2N3O2S.ClH/c1-8-4-9(5-14)2-3-10(8)19(17,18)16-7-11(12,13)6-15;/h2-4,16H,6-7,15H2,1H3;1H. The first-order valence-corrected chi connectivity index (χ1v) is 6.78. The van der Waals surface area contributed by atoms with Gasteiger partial charge in [0.05, 0.1) is 29.6 Å². The van der Waals surface area contributed by atoms with Crippen LogP contribution in [-0.2, 0) is 10.0 Å². The molecule has 0 aliphatic carbocycles. The van der Waals surface area contributed by atoms with Crippen molar-refractivity contribution in [3.8, 4) is 6.07 Å². The summed E-state index contributed by atoms with van der Waals surface area (Å²) in [7, 11) is -4.05. The molecule has 0 saturated carbocycles. The summed E-state index contributed by atoms with van der Waals surface area (Å²) in [4.78, 5) is -0.140. The lowest BCUT2D eigenvalue weighted by molar-refractivity contribution is 0.0170. The minimum Gasteiger partial charge on any atom is -0.325 e. The summed E-state index contributed by atoms with van der Waals surface area (Å²) in [6.07, 6.45) is 0. The second-order valence-electron chi connectivity index (χ2n) is 3.98. The molecule has 1 aromatic rings. The number of nitrogens with two attached hydrogens (primary N) is 1. The maximum absolute atomic E-state index is 12.9. The van der Waals surface area contributed by atoms with Crippen molar-refractivity contribution in [3.05, 3.63) is 29.3 Å². The Morgan fingerprint density at radius 1 is 1.45 bits per heavy atom. The van der Waals surface area contributed by atoms with Crippen molar-refractivity contribution in [1.29, 1.82) is 5.26 Å². The van der Waals surface area contributed by atoms with Crippen molar-refractivity contribution in [3.63, 3.8) is 0 Å². The van der Waals surface area contributed by atoms with E-state index in [-0.39, 0.29) is 17.3 Å². The van der Waals surface area contributed by atoms with Crippen LogP contribution in [0.2, 0.25) is 0 Å². The molecule has 0 bridgehead atoms.